The van der Waals surface area contributed by atoms with Crippen molar-refractivity contribution in [3.05, 3.63) is 29.8 Å². The van der Waals surface area contributed by atoms with Crippen LogP contribution in [0.5, 0.6) is 0 Å². The summed E-state index contributed by atoms with van der Waals surface area (Å²) in [4.78, 5) is 12.0. The molecule has 0 aliphatic rings. The van der Waals surface area contributed by atoms with E-state index in [-0.39, 0.29) is 22.9 Å². The SMILES string of the molecule is CCC(C)NS(=O)(=O)c1ccc(C(=O)NCCC(C)N)cc1. The van der Waals surface area contributed by atoms with Crippen LogP contribution in [0.15, 0.2) is 29.2 Å². The van der Waals surface area contributed by atoms with Gasteiger partial charge in [0.15, 0.2) is 0 Å². The lowest BCUT2D eigenvalue weighted by Gasteiger charge is -2.12. The van der Waals surface area contributed by atoms with Crippen molar-refractivity contribution in [3.8, 4) is 0 Å². The lowest BCUT2D eigenvalue weighted by molar-refractivity contribution is 0.0952. The molecule has 6 nitrogen and oxygen atoms in total. The van der Waals surface area contributed by atoms with Gasteiger partial charge in [0.05, 0.1) is 4.90 Å². The lowest BCUT2D eigenvalue weighted by atomic mass is 10.2. The Morgan fingerprint density at radius 2 is 1.82 bits per heavy atom. The van der Waals surface area contributed by atoms with Crippen molar-refractivity contribution in [1.82, 2.24) is 10.0 Å². The highest BCUT2D eigenvalue weighted by Crippen LogP contribution is 2.11. The molecule has 2 unspecified atom stereocenters. The fraction of sp³-hybridized carbons (Fsp3) is 0.533. The molecule has 0 saturated heterocycles. The van der Waals surface area contributed by atoms with Crippen LogP contribution in [0.25, 0.3) is 0 Å². The number of amides is 1. The molecule has 4 N–H and O–H groups in total. The highest BCUT2D eigenvalue weighted by molar-refractivity contribution is 7.89. The monoisotopic (exact) mass is 327 g/mol. The number of sulfonamides is 1. The average Bonchev–Trinajstić information content (AvgIpc) is 2.46. The van der Waals surface area contributed by atoms with Crippen molar-refractivity contribution in [2.75, 3.05) is 6.54 Å². The van der Waals surface area contributed by atoms with Crippen molar-refractivity contribution in [2.45, 2.75) is 50.6 Å². The number of nitrogens with two attached hydrogens (primary N) is 1. The molecule has 2 atom stereocenters. The van der Waals surface area contributed by atoms with Crippen LogP contribution in [-0.4, -0.2) is 33.0 Å². The van der Waals surface area contributed by atoms with Gasteiger partial charge in [0.25, 0.3) is 5.91 Å². The minimum Gasteiger partial charge on any atom is -0.352 e. The third-order valence-electron chi connectivity index (χ3n) is 3.28. The molecule has 1 aromatic rings. The van der Waals surface area contributed by atoms with Gasteiger partial charge in [-0.1, -0.05) is 6.92 Å². The molecule has 124 valence electrons. The van der Waals surface area contributed by atoms with Gasteiger partial charge in [0.1, 0.15) is 0 Å². The van der Waals surface area contributed by atoms with Crippen molar-refractivity contribution >= 4 is 15.9 Å². The number of nitrogens with one attached hydrogen (secondary N) is 2. The molecule has 0 radical (unpaired) electrons. The summed E-state index contributed by atoms with van der Waals surface area (Å²) in [5.74, 6) is -0.237. The number of hydrogen-bond acceptors (Lipinski definition) is 4. The number of rotatable bonds is 8. The van der Waals surface area contributed by atoms with Gasteiger partial charge in [-0.25, -0.2) is 13.1 Å². The second-order valence-electron chi connectivity index (χ2n) is 5.48. The summed E-state index contributed by atoms with van der Waals surface area (Å²) >= 11 is 0. The first-order valence-corrected chi connectivity index (χ1v) is 8.90. The smallest absolute Gasteiger partial charge is 0.251 e. The van der Waals surface area contributed by atoms with Crippen LogP contribution in [0.4, 0.5) is 0 Å². The third-order valence-corrected chi connectivity index (χ3v) is 4.89. The molecule has 1 aromatic carbocycles. The molecule has 1 amide bonds. The largest absolute Gasteiger partial charge is 0.352 e. The molecule has 0 fully saturated rings. The first-order chi connectivity index (χ1) is 10.3. The second-order valence-corrected chi connectivity index (χ2v) is 7.19. The van der Waals surface area contributed by atoms with Gasteiger partial charge in [-0.2, -0.15) is 0 Å². The van der Waals surface area contributed by atoms with Crippen molar-refractivity contribution in [2.24, 2.45) is 5.73 Å². The summed E-state index contributed by atoms with van der Waals surface area (Å²) in [6, 6.07) is 5.78. The predicted octanol–water partition coefficient (Wildman–Crippen LogP) is 1.23. The van der Waals surface area contributed by atoms with Crippen LogP contribution in [0, 0.1) is 0 Å². The van der Waals surface area contributed by atoms with Gasteiger partial charge in [0, 0.05) is 24.2 Å². The van der Waals surface area contributed by atoms with Crippen LogP contribution < -0.4 is 15.8 Å². The topological polar surface area (TPSA) is 101 Å². The quantitative estimate of drug-likeness (QED) is 0.668. The zero-order valence-electron chi connectivity index (χ0n) is 13.3. The first-order valence-electron chi connectivity index (χ1n) is 7.42. The molecular formula is C15H25N3O3S. The van der Waals surface area contributed by atoms with Gasteiger partial charge in [0.2, 0.25) is 10.0 Å². The minimum absolute atomic E-state index is 0.0273. The van der Waals surface area contributed by atoms with Gasteiger partial charge in [-0.15, -0.1) is 0 Å². The number of carbonyl (C=O) groups excluding carboxylic acids is 1. The van der Waals surface area contributed by atoms with Crippen molar-refractivity contribution in [1.29, 1.82) is 0 Å². The maximum absolute atomic E-state index is 12.1. The zero-order chi connectivity index (χ0) is 16.8. The normalized spacial score (nSPS) is 14.4. The summed E-state index contributed by atoms with van der Waals surface area (Å²) in [5.41, 5.74) is 6.03. The van der Waals surface area contributed by atoms with Crippen LogP contribution >= 0.6 is 0 Å². The Morgan fingerprint density at radius 3 is 2.32 bits per heavy atom. The van der Waals surface area contributed by atoms with Crippen molar-refractivity contribution < 1.29 is 13.2 Å². The van der Waals surface area contributed by atoms with E-state index < -0.39 is 10.0 Å². The highest BCUT2D eigenvalue weighted by atomic mass is 32.2. The second kappa shape index (κ2) is 8.26. The number of hydrogen-bond donors (Lipinski definition) is 3. The summed E-state index contributed by atoms with van der Waals surface area (Å²) in [5, 5.41) is 2.75. The molecule has 22 heavy (non-hydrogen) atoms. The van der Waals surface area contributed by atoms with Crippen LogP contribution in [0.1, 0.15) is 44.0 Å². The van der Waals surface area contributed by atoms with E-state index >= 15 is 0 Å². The number of benzene rings is 1. The third kappa shape index (κ3) is 5.75. The minimum atomic E-state index is -3.54. The molecular weight excluding hydrogens is 302 g/mol. The van der Waals surface area contributed by atoms with Gasteiger partial charge >= 0.3 is 0 Å². The Labute approximate surface area is 132 Å². The molecule has 7 heteroatoms. The molecule has 0 aliphatic heterocycles. The van der Waals surface area contributed by atoms with E-state index in [1.165, 1.54) is 24.3 Å². The molecule has 1 rings (SSSR count). The van der Waals surface area contributed by atoms with E-state index in [1.807, 2.05) is 13.8 Å². The van der Waals surface area contributed by atoms with E-state index in [4.69, 9.17) is 5.73 Å². The molecule has 0 bridgehead atoms. The fourth-order valence-electron chi connectivity index (χ4n) is 1.72. The Bertz CT molecular complexity index is 583. The fourth-order valence-corrected chi connectivity index (χ4v) is 3.04. The Hall–Kier alpha value is -1.44. The Kier molecular flexibility index (Phi) is 6.99. The van der Waals surface area contributed by atoms with Crippen LogP contribution in [0.2, 0.25) is 0 Å². The van der Waals surface area contributed by atoms with Gasteiger partial charge in [-0.3, -0.25) is 4.79 Å². The van der Waals surface area contributed by atoms with Gasteiger partial charge in [-0.05, 0) is 51.0 Å². The lowest BCUT2D eigenvalue weighted by Crippen LogP contribution is -2.32. The van der Waals surface area contributed by atoms with E-state index in [2.05, 4.69) is 10.0 Å². The van der Waals surface area contributed by atoms with Crippen LogP contribution in [-0.2, 0) is 10.0 Å². The molecule has 0 aromatic heterocycles. The zero-order valence-corrected chi connectivity index (χ0v) is 14.1. The van der Waals surface area contributed by atoms with E-state index in [9.17, 15) is 13.2 Å². The Morgan fingerprint density at radius 1 is 1.23 bits per heavy atom. The summed E-state index contributed by atoms with van der Waals surface area (Å²) in [6.07, 6.45) is 1.40. The highest BCUT2D eigenvalue weighted by Gasteiger charge is 2.17. The maximum Gasteiger partial charge on any atom is 0.251 e. The van der Waals surface area contributed by atoms with Crippen molar-refractivity contribution in [3.63, 3.8) is 0 Å². The average molecular weight is 327 g/mol. The Balaban J connectivity index is 2.72. The van der Waals surface area contributed by atoms with Gasteiger partial charge < -0.3 is 11.1 Å². The summed E-state index contributed by atoms with van der Waals surface area (Å²) < 4.78 is 26.8. The molecule has 0 spiro atoms. The van der Waals surface area contributed by atoms with Crippen LogP contribution in [0.3, 0.4) is 0 Å². The first kappa shape index (κ1) is 18.6. The maximum atomic E-state index is 12.1. The number of carbonyl (C=O) groups is 1. The van der Waals surface area contributed by atoms with E-state index in [1.54, 1.807) is 6.92 Å². The molecule has 0 saturated carbocycles. The molecule has 0 heterocycles. The standard InChI is InChI=1S/C15H25N3O3S/c1-4-12(3)18-22(20,21)14-7-5-13(6-8-14)15(19)17-10-9-11(2)16/h5-8,11-12,18H,4,9-10,16H2,1-3H3,(H,17,19). The predicted molar refractivity (Wildman–Crippen MR) is 87.1 cm³/mol. The molecule has 0 aliphatic carbocycles. The summed E-state index contributed by atoms with van der Waals surface area (Å²) in [7, 11) is -3.54. The van der Waals surface area contributed by atoms with E-state index in [0.717, 1.165) is 0 Å². The summed E-state index contributed by atoms with van der Waals surface area (Å²) in [6.45, 7) is 6.07. The van der Waals surface area contributed by atoms with E-state index in [0.29, 0.717) is 24.9 Å².